The van der Waals surface area contributed by atoms with Gasteiger partial charge in [0.1, 0.15) is 17.4 Å². The number of ether oxygens (including phenoxy) is 2. The van der Waals surface area contributed by atoms with E-state index in [1.165, 1.54) is 0 Å². The van der Waals surface area contributed by atoms with E-state index >= 15 is 0 Å². The van der Waals surface area contributed by atoms with E-state index in [1.807, 2.05) is 65.4 Å². The highest BCUT2D eigenvalue weighted by Gasteiger charge is 2.30. The number of hydrogen-bond donors (Lipinski definition) is 4. The number of rotatable bonds is 15. The van der Waals surface area contributed by atoms with Crippen molar-refractivity contribution in [2.45, 2.75) is 38.3 Å². The molecule has 1 aliphatic heterocycles. The standard InChI is InChI=1S/C40H41N7O5/c41-38-31(23-33(45-46-38)30-8-2-4-10-36(30)48)28-13-11-26(12-14-28)24-42-17-19-52-21-20-51-18-5-6-27-22-32-29-7-1-3-9-34(29)47(39(32)43-25-27)35-15-16-37(49)44-40(35)50/h1-4,7-14,22-23,25,35,42,48H,5-6,15-21,24H2,(H2,41,46)(H,44,49,50). The van der Waals surface area contributed by atoms with Gasteiger partial charge in [-0.05, 0) is 66.3 Å². The number of nitrogens with one attached hydrogen (secondary N) is 2. The smallest absolute Gasteiger partial charge is 0.249 e. The van der Waals surface area contributed by atoms with Crippen molar-refractivity contribution < 1.29 is 24.2 Å². The molecule has 5 N–H and O–H groups in total. The number of phenolic OH excluding ortho intramolecular Hbond substituents is 1. The lowest BCUT2D eigenvalue weighted by molar-refractivity contribution is -0.135. The predicted octanol–water partition coefficient (Wildman–Crippen LogP) is 5.33. The van der Waals surface area contributed by atoms with Gasteiger partial charge in [-0.25, -0.2) is 4.98 Å². The molecule has 12 heteroatoms. The van der Waals surface area contributed by atoms with E-state index in [2.05, 4.69) is 33.0 Å². The summed E-state index contributed by atoms with van der Waals surface area (Å²) < 4.78 is 13.5. The molecular weight excluding hydrogens is 658 g/mol. The van der Waals surface area contributed by atoms with Crippen molar-refractivity contribution >= 4 is 39.6 Å². The molecule has 3 aromatic carbocycles. The van der Waals surface area contributed by atoms with Crippen LogP contribution < -0.4 is 16.4 Å². The van der Waals surface area contributed by atoms with Gasteiger partial charge in [0.25, 0.3) is 0 Å². The number of nitrogens with zero attached hydrogens (tertiary/aromatic N) is 4. The van der Waals surface area contributed by atoms with Crippen molar-refractivity contribution in [2.24, 2.45) is 0 Å². The molecule has 2 amide bonds. The summed E-state index contributed by atoms with van der Waals surface area (Å²) in [6.07, 6.45) is 4.31. The number of aryl methyl sites for hydroxylation is 1. The highest BCUT2D eigenvalue weighted by molar-refractivity contribution is 6.09. The number of nitrogens with two attached hydrogens (primary N) is 1. The maximum absolute atomic E-state index is 12.7. The number of hydrogen-bond acceptors (Lipinski definition) is 10. The molecule has 52 heavy (non-hydrogen) atoms. The van der Waals surface area contributed by atoms with Gasteiger partial charge in [-0.1, -0.05) is 54.6 Å². The van der Waals surface area contributed by atoms with Gasteiger partial charge in [0.05, 0.1) is 31.0 Å². The average molecular weight is 700 g/mol. The summed E-state index contributed by atoms with van der Waals surface area (Å²) >= 11 is 0. The molecule has 0 aliphatic carbocycles. The summed E-state index contributed by atoms with van der Waals surface area (Å²) in [5, 5.41) is 26.4. The molecule has 12 nitrogen and oxygen atoms in total. The Hall–Kier alpha value is -5.69. The number of piperidine rings is 1. The Kier molecular flexibility index (Phi) is 10.8. The highest BCUT2D eigenvalue weighted by Crippen LogP contribution is 2.34. The van der Waals surface area contributed by atoms with Crippen molar-refractivity contribution in [3.63, 3.8) is 0 Å². The minimum atomic E-state index is -0.465. The van der Waals surface area contributed by atoms with Gasteiger partial charge in [0.15, 0.2) is 5.82 Å². The van der Waals surface area contributed by atoms with Crippen LogP contribution in [-0.4, -0.2) is 69.6 Å². The highest BCUT2D eigenvalue weighted by atomic mass is 16.5. The third-order valence-corrected chi connectivity index (χ3v) is 9.27. The number of pyridine rings is 1. The number of phenols is 1. The topological polar surface area (TPSA) is 167 Å². The number of anilines is 1. The van der Waals surface area contributed by atoms with Crippen LogP contribution in [0, 0.1) is 0 Å². The van der Waals surface area contributed by atoms with Crippen molar-refractivity contribution in [3.05, 3.63) is 102 Å². The number of carbonyl (C=O) groups excluding carboxylic acids is 2. The van der Waals surface area contributed by atoms with E-state index in [0.29, 0.717) is 69.4 Å². The van der Waals surface area contributed by atoms with Gasteiger partial charge >= 0.3 is 0 Å². The molecule has 0 spiro atoms. The molecule has 0 bridgehead atoms. The van der Waals surface area contributed by atoms with E-state index in [1.54, 1.807) is 18.2 Å². The third-order valence-electron chi connectivity index (χ3n) is 9.27. The fourth-order valence-corrected chi connectivity index (χ4v) is 6.63. The number of carbonyl (C=O) groups is 2. The van der Waals surface area contributed by atoms with Gasteiger partial charge in [0, 0.05) is 54.2 Å². The van der Waals surface area contributed by atoms with Crippen LogP contribution in [0.15, 0.2) is 91.1 Å². The van der Waals surface area contributed by atoms with Crippen molar-refractivity contribution in [2.75, 3.05) is 38.7 Å². The second-order valence-electron chi connectivity index (χ2n) is 12.8. The van der Waals surface area contributed by atoms with Crippen LogP contribution in [-0.2, 0) is 32.0 Å². The van der Waals surface area contributed by atoms with Crippen LogP contribution in [0.3, 0.4) is 0 Å². The van der Waals surface area contributed by atoms with Gasteiger partial charge in [-0.15, -0.1) is 10.2 Å². The van der Waals surface area contributed by atoms with E-state index in [9.17, 15) is 14.7 Å². The van der Waals surface area contributed by atoms with Gasteiger partial charge in [-0.3, -0.25) is 14.9 Å². The van der Waals surface area contributed by atoms with Gasteiger partial charge in [0.2, 0.25) is 11.8 Å². The molecule has 0 radical (unpaired) electrons. The van der Waals surface area contributed by atoms with Crippen LogP contribution in [0.25, 0.3) is 44.3 Å². The summed E-state index contributed by atoms with van der Waals surface area (Å²) in [7, 11) is 0. The minimum absolute atomic E-state index is 0.141. The summed E-state index contributed by atoms with van der Waals surface area (Å²) in [6, 6.07) is 26.7. The normalized spacial score (nSPS) is 14.7. The van der Waals surface area contributed by atoms with Gasteiger partial charge in [-0.2, -0.15) is 0 Å². The molecule has 1 saturated heterocycles. The Morgan fingerprint density at radius 2 is 1.65 bits per heavy atom. The first kappa shape index (κ1) is 34.7. The monoisotopic (exact) mass is 699 g/mol. The lowest BCUT2D eigenvalue weighted by Gasteiger charge is -2.23. The number of imide groups is 1. The molecular formula is C40H41N7O5. The molecule has 7 rings (SSSR count). The third kappa shape index (κ3) is 7.79. The van der Waals surface area contributed by atoms with Crippen molar-refractivity contribution in [3.8, 4) is 28.1 Å². The zero-order valence-corrected chi connectivity index (χ0v) is 28.8. The average Bonchev–Trinajstić information content (AvgIpc) is 3.48. The summed E-state index contributed by atoms with van der Waals surface area (Å²) in [5.41, 5.74) is 12.9. The molecule has 1 aliphatic rings. The van der Waals surface area contributed by atoms with Crippen LogP contribution in [0.2, 0.25) is 0 Å². The zero-order valence-electron chi connectivity index (χ0n) is 28.8. The largest absolute Gasteiger partial charge is 0.507 e. The van der Waals surface area contributed by atoms with Crippen LogP contribution in [0.5, 0.6) is 5.75 Å². The summed E-state index contributed by atoms with van der Waals surface area (Å²) in [5.74, 6) is -0.0382. The van der Waals surface area contributed by atoms with Crippen molar-refractivity contribution in [1.29, 1.82) is 0 Å². The minimum Gasteiger partial charge on any atom is -0.507 e. The lowest BCUT2D eigenvalue weighted by Crippen LogP contribution is -2.41. The summed E-state index contributed by atoms with van der Waals surface area (Å²) in [4.78, 5) is 29.2. The maximum atomic E-state index is 12.7. The molecule has 1 atom stereocenters. The molecule has 266 valence electrons. The fraction of sp³-hybridized carbons (Fsp3) is 0.275. The Bertz CT molecular complexity index is 2200. The Balaban J connectivity index is 0.806. The van der Waals surface area contributed by atoms with E-state index in [-0.39, 0.29) is 17.6 Å². The number of amides is 2. The first-order valence-electron chi connectivity index (χ1n) is 17.5. The SMILES string of the molecule is Nc1nnc(-c2ccccc2O)cc1-c1ccc(CNCCOCCOCCCc2cnc3c(c2)c2ccccc2n3C2CCC(=O)NC2=O)cc1. The quantitative estimate of drug-likeness (QED) is 0.0813. The number of benzene rings is 3. The Morgan fingerprint density at radius 3 is 2.48 bits per heavy atom. The molecule has 6 aromatic rings. The number of fused-ring (bicyclic) bond motifs is 3. The second-order valence-corrected chi connectivity index (χ2v) is 12.8. The molecule has 1 unspecified atom stereocenters. The van der Waals surface area contributed by atoms with Crippen molar-refractivity contribution in [1.82, 2.24) is 30.4 Å². The van der Waals surface area contributed by atoms with E-state index < -0.39 is 6.04 Å². The first-order valence-corrected chi connectivity index (χ1v) is 17.5. The number of para-hydroxylation sites is 2. The molecule has 1 fully saturated rings. The van der Waals surface area contributed by atoms with E-state index in [4.69, 9.17) is 20.2 Å². The molecule has 0 saturated carbocycles. The number of nitrogen functional groups attached to an aromatic ring is 1. The van der Waals surface area contributed by atoms with Crippen LogP contribution in [0.1, 0.15) is 36.4 Å². The Morgan fingerprint density at radius 1 is 0.865 bits per heavy atom. The summed E-state index contributed by atoms with van der Waals surface area (Å²) in [6.45, 7) is 3.65. The number of aromatic hydroxyl groups is 1. The van der Waals surface area contributed by atoms with Gasteiger partial charge < -0.3 is 30.2 Å². The molecule has 3 aromatic heterocycles. The van der Waals surface area contributed by atoms with Crippen LogP contribution >= 0.6 is 0 Å². The first-order chi connectivity index (χ1) is 25.5. The predicted molar refractivity (Wildman–Crippen MR) is 199 cm³/mol. The fourth-order valence-electron chi connectivity index (χ4n) is 6.63. The Labute approximate surface area is 301 Å². The second kappa shape index (κ2) is 16.1. The number of aromatic nitrogens is 4. The molecule has 4 heterocycles. The zero-order chi connectivity index (χ0) is 35.9. The van der Waals surface area contributed by atoms with Crippen LogP contribution in [0.4, 0.5) is 5.82 Å². The lowest BCUT2D eigenvalue weighted by atomic mass is 10.0. The van der Waals surface area contributed by atoms with E-state index in [0.717, 1.165) is 57.0 Å². The maximum Gasteiger partial charge on any atom is 0.249 e.